The highest BCUT2D eigenvalue weighted by Crippen LogP contribution is 2.20. The topological polar surface area (TPSA) is 47.9 Å². The first-order valence-electron chi connectivity index (χ1n) is 4.22. The quantitative estimate of drug-likeness (QED) is 0.608. The Morgan fingerprint density at radius 1 is 1.42 bits per heavy atom. The molecule has 1 heterocycles. The van der Waals surface area contributed by atoms with Gasteiger partial charge in [0.1, 0.15) is 0 Å². The molecule has 0 radical (unpaired) electrons. The molecule has 0 bridgehead atoms. The lowest BCUT2D eigenvalue weighted by molar-refractivity contribution is -0.0502. The molecule has 0 amide bonds. The Morgan fingerprint density at radius 3 is 2.50 bits per heavy atom. The van der Waals surface area contributed by atoms with Crippen LogP contribution in [0.3, 0.4) is 0 Å². The minimum Gasteiger partial charge on any atom is -0.350 e. The first-order valence-corrected chi connectivity index (χ1v) is 4.22. The average Bonchev–Trinajstić information content (AvgIpc) is 2.53. The molecular formula is C8H15NO3. The Bertz CT molecular complexity index is 152. The van der Waals surface area contributed by atoms with E-state index in [0.717, 1.165) is 6.42 Å². The summed E-state index contributed by atoms with van der Waals surface area (Å²) in [5.41, 5.74) is -0.491. The summed E-state index contributed by atoms with van der Waals surface area (Å²) in [4.78, 5) is 10.3. The van der Waals surface area contributed by atoms with Crippen LogP contribution >= 0.6 is 0 Å². The van der Waals surface area contributed by atoms with Gasteiger partial charge in [-0.3, -0.25) is 0 Å². The Kier molecular flexibility index (Phi) is 3.17. The van der Waals surface area contributed by atoms with Gasteiger partial charge in [-0.2, -0.15) is 4.91 Å². The molecule has 0 N–H and O–H groups in total. The fourth-order valence-corrected chi connectivity index (χ4v) is 1.09. The van der Waals surface area contributed by atoms with Crippen molar-refractivity contribution >= 4 is 0 Å². The first-order chi connectivity index (χ1) is 5.64. The molecule has 1 aliphatic rings. The molecule has 0 unspecified atom stereocenters. The Labute approximate surface area is 72.2 Å². The number of rotatable bonds is 4. The monoisotopic (exact) mass is 173 g/mol. The van der Waals surface area contributed by atoms with E-state index in [0.29, 0.717) is 19.6 Å². The molecule has 70 valence electrons. The predicted molar refractivity (Wildman–Crippen MR) is 44.8 cm³/mol. The van der Waals surface area contributed by atoms with Crippen LogP contribution < -0.4 is 0 Å². The van der Waals surface area contributed by atoms with Crippen LogP contribution in [0.4, 0.5) is 0 Å². The van der Waals surface area contributed by atoms with E-state index < -0.39 is 5.54 Å². The predicted octanol–water partition coefficient (Wildman–Crippen LogP) is 1.68. The van der Waals surface area contributed by atoms with E-state index in [4.69, 9.17) is 9.47 Å². The molecule has 1 saturated heterocycles. The van der Waals surface area contributed by atoms with Crippen LogP contribution in [-0.2, 0) is 9.47 Å². The molecule has 1 fully saturated rings. The molecule has 1 aliphatic heterocycles. The van der Waals surface area contributed by atoms with Crippen LogP contribution in [0.2, 0.25) is 0 Å². The second-order valence-electron chi connectivity index (χ2n) is 3.61. The van der Waals surface area contributed by atoms with Crippen molar-refractivity contribution in [1.29, 1.82) is 0 Å². The van der Waals surface area contributed by atoms with E-state index in [1.807, 2.05) is 13.8 Å². The van der Waals surface area contributed by atoms with Crippen molar-refractivity contribution in [1.82, 2.24) is 0 Å². The second-order valence-corrected chi connectivity index (χ2v) is 3.61. The Balaban J connectivity index is 2.19. The fourth-order valence-electron chi connectivity index (χ4n) is 1.09. The van der Waals surface area contributed by atoms with Gasteiger partial charge in [0.2, 0.25) is 0 Å². The van der Waals surface area contributed by atoms with E-state index in [9.17, 15) is 4.91 Å². The third-order valence-corrected chi connectivity index (χ3v) is 1.93. The lowest BCUT2D eigenvalue weighted by Gasteiger charge is -2.16. The molecule has 1 rings (SSSR count). The lowest BCUT2D eigenvalue weighted by Crippen LogP contribution is -2.19. The highest BCUT2D eigenvalue weighted by molar-refractivity contribution is 4.76. The summed E-state index contributed by atoms with van der Waals surface area (Å²) in [7, 11) is 0. The number of nitrogens with zero attached hydrogens (tertiary/aromatic N) is 1. The molecule has 0 aromatic heterocycles. The molecule has 12 heavy (non-hydrogen) atoms. The van der Waals surface area contributed by atoms with Gasteiger partial charge in [0.25, 0.3) is 0 Å². The third-order valence-electron chi connectivity index (χ3n) is 1.93. The number of nitroso groups, excluding NO2 is 1. The van der Waals surface area contributed by atoms with Crippen LogP contribution in [0, 0.1) is 4.91 Å². The molecular weight excluding hydrogens is 158 g/mol. The van der Waals surface area contributed by atoms with E-state index in [1.54, 1.807) is 0 Å². The second kappa shape index (κ2) is 3.96. The van der Waals surface area contributed by atoms with Crippen LogP contribution in [0.15, 0.2) is 5.18 Å². The fraction of sp³-hybridized carbons (Fsp3) is 1.00. The highest BCUT2D eigenvalue weighted by Gasteiger charge is 2.23. The van der Waals surface area contributed by atoms with Gasteiger partial charge in [0, 0.05) is 6.42 Å². The average molecular weight is 173 g/mol. The smallest absolute Gasteiger partial charge is 0.157 e. The normalized spacial score (nSPS) is 19.8. The van der Waals surface area contributed by atoms with Crippen molar-refractivity contribution in [2.24, 2.45) is 5.18 Å². The number of hydrogen-bond acceptors (Lipinski definition) is 4. The molecule has 4 heteroatoms. The van der Waals surface area contributed by atoms with Crippen LogP contribution in [-0.4, -0.2) is 25.0 Å². The molecule has 0 atom stereocenters. The van der Waals surface area contributed by atoms with E-state index >= 15 is 0 Å². The van der Waals surface area contributed by atoms with Crippen molar-refractivity contribution < 1.29 is 9.47 Å². The van der Waals surface area contributed by atoms with Crippen molar-refractivity contribution in [2.45, 2.75) is 38.5 Å². The lowest BCUT2D eigenvalue weighted by atomic mass is 10.00. The van der Waals surface area contributed by atoms with Gasteiger partial charge >= 0.3 is 0 Å². The van der Waals surface area contributed by atoms with Gasteiger partial charge in [-0.05, 0) is 20.3 Å². The number of ether oxygens (including phenoxy) is 2. The molecule has 0 spiro atoms. The van der Waals surface area contributed by atoms with Crippen LogP contribution in [0.5, 0.6) is 0 Å². The van der Waals surface area contributed by atoms with Gasteiger partial charge in [-0.1, -0.05) is 5.18 Å². The molecule has 0 aromatic rings. The SMILES string of the molecule is CC(C)(CCC1OCCO1)N=O. The summed E-state index contributed by atoms with van der Waals surface area (Å²) in [6.45, 7) is 4.96. The summed E-state index contributed by atoms with van der Waals surface area (Å²) in [5, 5.41) is 3.02. The zero-order chi connectivity index (χ0) is 9.03. The van der Waals surface area contributed by atoms with Crippen molar-refractivity contribution in [3.8, 4) is 0 Å². The molecule has 4 nitrogen and oxygen atoms in total. The van der Waals surface area contributed by atoms with Gasteiger partial charge in [-0.25, -0.2) is 0 Å². The first kappa shape index (κ1) is 9.61. The number of hydrogen-bond donors (Lipinski definition) is 0. The van der Waals surface area contributed by atoms with E-state index in [-0.39, 0.29) is 6.29 Å². The maximum Gasteiger partial charge on any atom is 0.157 e. The zero-order valence-electron chi connectivity index (χ0n) is 7.58. The molecule has 0 aliphatic carbocycles. The summed E-state index contributed by atoms with van der Waals surface area (Å²) in [5.74, 6) is 0. The minimum atomic E-state index is -0.491. The zero-order valence-corrected chi connectivity index (χ0v) is 7.58. The standard InChI is InChI=1S/C8H15NO3/c1-8(2,9-10)4-3-7-11-5-6-12-7/h7H,3-6H2,1-2H3. The third kappa shape index (κ3) is 2.87. The van der Waals surface area contributed by atoms with Gasteiger partial charge < -0.3 is 9.47 Å². The maximum absolute atomic E-state index is 10.3. The Morgan fingerprint density at radius 2 is 2.00 bits per heavy atom. The summed E-state index contributed by atoms with van der Waals surface area (Å²) >= 11 is 0. The largest absolute Gasteiger partial charge is 0.350 e. The van der Waals surface area contributed by atoms with E-state index in [2.05, 4.69) is 5.18 Å². The van der Waals surface area contributed by atoms with Gasteiger partial charge in [-0.15, -0.1) is 0 Å². The van der Waals surface area contributed by atoms with Gasteiger partial charge in [0.15, 0.2) is 6.29 Å². The molecule has 0 saturated carbocycles. The van der Waals surface area contributed by atoms with E-state index in [1.165, 1.54) is 0 Å². The van der Waals surface area contributed by atoms with Crippen LogP contribution in [0.25, 0.3) is 0 Å². The minimum absolute atomic E-state index is 0.119. The summed E-state index contributed by atoms with van der Waals surface area (Å²) in [6, 6.07) is 0. The summed E-state index contributed by atoms with van der Waals surface area (Å²) < 4.78 is 10.5. The van der Waals surface area contributed by atoms with Crippen molar-refractivity contribution in [3.05, 3.63) is 4.91 Å². The van der Waals surface area contributed by atoms with Crippen molar-refractivity contribution in [3.63, 3.8) is 0 Å². The summed E-state index contributed by atoms with van der Waals surface area (Å²) in [6.07, 6.45) is 1.34. The van der Waals surface area contributed by atoms with Crippen molar-refractivity contribution in [2.75, 3.05) is 13.2 Å². The van der Waals surface area contributed by atoms with Crippen LogP contribution in [0.1, 0.15) is 26.7 Å². The molecule has 0 aromatic carbocycles. The Hall–Kier alpha value is -0.480. The maximum atomic E-state index is 10.3. The highest BCUT2D eigenvalue weighted by atomic mass is 16.7. The van der Waals surface area contributed by atoms with Gasteiger partial charge in [0.05, 0.1) is 18.8 Å².